The zero-order valence-electron chi connectivity index (χ0n) is 20.2. The summed E-state index contributed by atoms with van der Waals surface area (Å²) in [6, 6.07) is 14.6. The fourth-order valence-electron chi connectivity index (χ4n) is 4.82. The van der Waals surface area contributed by atoms with E-state index < -0.39 is 35.5 Å². The monoisotopic (exact) mass is 480 g/mol. The fourth-order valence-corrected chi connectivity index (χ4v) is 4.82. The van der Waals surface area contributed by atoms with E-state index in [1.165, 1.54) is 0 Å². The van der Waals surface area contributed by atoms with E-state index in [-0.39, 0.29) is 31.7 Å². The van der Waals surface area contributed by atoms with Gasteiger partial charge >= 0.3 is 12.1 Å². The van der Waals surface area contributed by atoms with Gasteiger partial charge < -0.3 is 25.2 Å². The highest BCUT2D eigenvalue weighted by Gasteiger charge is 2.48. The van der Waals surface area contributed by atoms with Crippen molar-refractivity contribution >= 4 is 18.0 Å². The molecule has 4 atom stereocenters. The van der Waals surface area contributed by atoms with Crippen LogP contribution in [0, 0.1) is 11.3 Å². The van der Waals surface area contributed by atoms with Gasteiger partial charge in [-0.25, -0.2) is 4.79 Å². The number of rotatable bonds is 8. The minimum absolute atomic E-state index is 0.0150. The standard InChI is InChI=1S/C27H32N2O6/c1-4-16(2)23(24(30)28-22-14-34-15-27(22,3)25(31)32)29-26(33)35-13-21-19-11-7-5-9-17(19)18-10-6-8-12-20(18)21/h5-12,16,21-23H,4,13-15H2,1-3H3,(H,28,30)(H,29,33)(H,31,32)/t16?,22?,23-,27?/m0/s1. The SMILES string of the molecule is CCC(C)[C@H](NC(=O)OCC1c2ccccc2-c2ccccc21)C(=O)NC1COCC1(C)C(=O)O. The minimum Gasteiger partial charge on any atom is -0.481 e. The summed E-state index contributed by atoms with van der Waals surface area (Å²) < 4.78 is 10.9. The lowest BCUT2D eigenvalue weighted by Gasteiger charge is -2.29. The molecule has 3 unspecified atom stereocenters. The number of hydrogen-bond donors (Lipinski definition) is 3. The van der Waals surface area contributed by atoms with Gasteiger partial charge in [0.15, 0.2) is 0 Å². The van der Waals surface area contributed by atoms with Gasteiger partial charge in [0, 0.05) is 5.92 Å². The lowest BCUT2D eigenvalue weighted by molar-refractivity contribution is -0.149. The highest BCUT2D eigenvalue weighted by molar-refractivity contribution is 5.87. The Labute approximate surface area is 205 Å². The second-order valence-corrected chi connectivity index (χ2v) is 9.63. The van der Waals surface area contributed by atoms with E-state index in [0.29, 0.717) is 6.42 Å². The number of carboxylic acids is 1. The molecule has 0 saturated carbocycles. The first kappa shape index (κ1) is 24.7. The first-order valence-electron chi connectivity index (χ1n) is 12.0. The van der Waals surface area contributed by atoms with E-state index >= 15 is 0 Å². The van der Waals surface area contributed by atoms with Gasteiger partial charge in [0.25, 0.3) is 0 Å². The van der Waals surface area contributed by atoms with Crippen LogP contribution >= 0.6 is 0 Å². The molecule has 1 aliphatic heterocycles. The number of alkyl carbamates (subject to hydrolysis) is 1. The molecular weight excluding hydrogens is 448 g/mol. The Balaban J connectivity index is 1.43. The maximum absolute atomic E-state index is 13.1. The van der Waals surface area contributed by atoms with Crippen molar-refractivity contribution in [1.82, 2.24) is 10.6 Å². The summed E-state index contributed by atoms with van der Waals surface area (Å²) in [4.78, 5) is 37.6. The fraction of sp³-hybridized carbons (Fsp3) is 0.444. The second-order valence-electron chi connectivity index (χ2n) is 9.63. The van der Waals surface area contributed by atoms with Gasteiger partial charge in [-0.1, -0.05) is 68.8 Å². The van der Waals surface area contributed by atoms with Crippen molar-refractivity contribution in [3.63, 3.8) is 0 Å². The second kappa shape index (κ2) is 10.1. The summed E-state index contributed by atoms with van der Waals surface area (Å²) in [5.41, 5.74) is 3.25. The van der Waals surface area contributed by atoms with Crippen molar-refractivity contribution < 1.29 is 29.0 Å². The largest absolute Gasteiger partial charge is 0.481 e. The lowest BCUT2D eigenvalue weighted by atomic mass is 9.85. The third-order valence-electron chi connectivity index (χ3n) is 7.37. The third kappa shape index (κ3) is 4.75. The van der Waals surface area contributed by atoms with Crippen LogP contribution < -0.4 is 10.6 Å². The number of carbonyl (C=O) groups is 3. The van der Waals surface area contributed by atoms with Crippen molar-refractivity contribution in [3.8, 4) is 11.1 Å². The molecule has 186 valence electrons. The van der Waals surface area contributed by atoms with Crippen molar-refractivity contribution in [2.24, 2.45) is 11.3 Å². The van der Waals surface area contributed by atoms with Gasteiger partial charge in [0.1, 0.15) is 18.1 Å². The molecule has 1 saturated heterocycles. The molecule has 2 amide bonds. The molecule has 3 N–H and O–H groups in total. The Bertz CT molecular complexity index is 1070. The van der Waals surface area contributed by atoms with Crippen LogP contribution in [0.25, 0.3) is 11.1 Å². The van der Waals surface area contributed by atoms with Gasteiger partial charge in [0.2, 0.25) is 5.91 Å². The average molecular weight is 481 g/mol. The van der Waals surface area contributed by atoms with E-state index in [0.717, 1.165) is 22.3 Å². The molecule has 0 bridgehead atoms. The zero-order valence-corrected chi connectivity index (χ0v) is 20.2. The van der Waals surface area contributed by atoms with Crippen LogP contribution in [-0.2, 0) is 19.1 Å². The first-order chi connectivity index (χ1) is 16.8. The summed E-state index contributed by atoms with van der Waals surface area (Å²) in [6.07, 6.45) is -0.0463. The van der Waals surface area contributed by atoms with Gasteiger partial charge in [0.05, 0.1) is 19.3 Å². The summed E-state index contributed by atoms with van der Waals surface area (Å²) in [5, 5.41) is 15.1. The number of benzene rings is 2. The summed E-state index contributed by atoms with van der Waals surface area (Å²) in [6.45, 7) is 5.58. The molecule has 2 aliphatic rings. The molecule has 8 nitrogen and oxygen atoms in total. The smallest absolute Gasteiger partial charge is 0.407 e. The maximum Gasteiger partial charge on any atom is 0.407 e. The molecule has 0 aromatic heterocycles. The molecule has 0 spiro atoms. The Morgan fingerprint density at radius 1 is 1.11 bits per heavy atom. The van der Waals surface area contributed by atoms with Crippen molar-refractivity contribution in [2.45, 2.75) is 45.2 Å². The quantitative estimate of drug-likeness (QED) is 0.533. The number of ether oxygens (including phenoxy) is 2. The van der Waals surface area contributed by atoms with Crippen LogP contribution in [0.5, 0.6) is 0 Å². The van der Waals surface area contributed by atoms with Crippen LogP contribution in [0.2, 0.25) is 0 Å². The van der Waals surface area contributed by atoms with E-state index in [9.17, 15) is 19.5 Å². The lowest BCUT2D eigenvalue weighted by Crippen LogP contribution is -2.57. The minimum atomic E-state index is -1.22. The van der Waals surface area contributed by atoms with E-state index in [2.05, 4.69) is 22.8 Å². The van der Waals surface area contributed by atoms with Gasteiger partial charge in [-0.15, -0.1) is 0 Å². The normalized spacial score (nSPS) is 22.5. The number of aliphatic carboxylic acids is 1. The maximum atomic E-state index is 13.1. The number of carboxylic acid groups (broad SMARTS) is 1. The molecule has 8 heteroatoms. The Morgan fingerprint density at radius 2 is 1.71 bits per heavy atom. The van der Waals surface area contributed by atoms with Crippen molar-refractivity contribution in [2.75, 3.05) is 19.8 Å². The van der Waals surface area contributed by atoms with E-state index in [1.54, 1.807) is 6.92 Å². The molecular formula is C27H32N2O6. The van der Waals surface area contributed by atoms with E-state index in [1.807, 2.05) is 50.2 Å². The zero-order chi connectivity index (χ0) is 25.2. The van der Waals surface area contributed by atoms with Crippen LogP contribution in [0.1, 0.15) is 44.2 Å². The Kier molecular flexibility index (Phi) is 7.12. The number of hydrogen-bond acceptors (Lipinski definition) is 5. The number of nitrogens with one attached hydrogen (secondary N) is 2. The number of carbonyl (C=O) groups excluding carboxylic acids is 2. The van der Waals surface area contributed by atoms with Crippen molar-refractivity contribution in [1.29, 1.82) is 0 Å². The first-order valence-corrected chi connectivity index (χ1v) is 12.0. The van der Waals surface area contributed by atoms with E-state index in [4.69, 9.17) is 9.47 Å². The van der Waals surface area contributed by atoms with Crippen LogP contribution in [0.15, 0.2) is 48.5 Å². The Hall–Kier alpha value is -3.39. The Morgan fingerprint density at radius 3 is 2.29 bits per heavy atom. The summed E-state index contributed by atoms with van der Waals surface area (Å²) in [7, 11) is 0. The van der Waals surface area contributed by atoms with Crippen LogP contribution in [0.3, 0.4) is 0 Å². The molecule has 0 radical (unpaired) electrons. The highest BCUT2D eigenvalue weighted by atomic mass is 16.5. The van der Waals surface area contributed by atoms with Crippen molar-refractivity contribution in [3.05, 3.63) is 59.7 Å². The molecule has 1 fully saturated rings. The summed E-state index contributed by atoms with van der Waals surface area (Å²) in [5.74, 6) is -1.76. The molecule has 35 heavy (non-hydrogen) atoms. The molecule has 1 aliphatic carbocycles. The molecule has 1 heterocycles. The van der Waals surface area contributed by atoms with Crippen LogP contribution in [-0.4, -0.2) is 55.0 Å². The predicted molar refractivity (Wildman–Crippen MR) is 130 cm³/mol. The van der Waals surface area contributed by atoms with Crippen LogP contribution in [0.4, 0.5) is 4.79 Å². The van der Waals surface area contributed by atoms with Gasteiger partial charge in [-0.3, -0.25) is 9.59 Å². The predicted octanol–water partition coefficient (Wildman–Crippen LogP) is 3.55. The third-order valence-corrected chi connectivity index (χ3v) is 7.37. The molecule has 2 aromatic rings. The topological polar surface area (TPSA) is 114 Å². The molecule has 4 rings (SSSR count). The summed E-state index contributed by atoms with van der Waals surface area (Å²) >= 11 is 0. The number of amides is 2. The molecule has 2 aromatic carbocycles. The average Bonchev–Trinajstić information content (AvgIpc) is 3.39. The highest BCUT2D eigenvalue weighted by Crippen LogP contribution is 2.44. The number of fused-ring (bicyclic) bond motifs is 3. The van der Waals surface area contributed by atoms with Gasteiger partial charge in [-0.05, 0) is 35.1 Å². The van der Waals surface area contributed by atoms with Gasteiger partial charge in [-0.2, -0.15) is 0 Å².